The Labute approximate surface area is 139 Å². The molecule has 0 aromatic heterocycles. The van der Waals surface area contributed by atoms with E-state index in [1.807, 2.05) is 0 Å². The average molecular weight is 502 g/mol. The molecule has 0 aliphatic rings. The molecule has 0 bridgehead atoms. The van der Waals surface area contributed by atoms with Crippen LogP contribution in [-0.4, -0.2) is 33.8 Å². The number of hydrogen-bond donors (Lipinski definition) is 0. The first-order valence-corrected chi connectivity index (χ1v) is 6.79. The monoisotopic (exact) mass is 502 g/mol. The van der Waals surface area contributed by atoms with Crippen molar-refractivity contribution in [2.75, 3.05) is 0 Å². The molecule has 0 aliphatic carbocycles. The molecular weight excluding hydrogens is 494 g/mol. The summed E-state index contributed by atoms with van der Waals surface area (Å²) in [5, 5.41) is 0. The van der Waals surface area contributed by atoms with Gasteiger partial charge in [-0.3, -0.25) is 0 Å². The molecule has 0 aromatic rings. The number of alkyl halides is 14. The molecule has 0 saturated heterocycles. The van der Waals surface area contributed by atoms with Gasteiger partial charge in [0.1, 0.15) is 0 Å². The normalized spacial score (nSPS) is 19.1. The highest BCUT2D eigenvalue weighted by atomic mass is 127. The largest absolute Gasteiger partial charge is 0.431 e. The lowest BCUT2D eigenvalue weighted by Gasteiger charge is -2.39. The molecule has 0 fully saturated rings. The van der Waals surface area contributed by atoms with E-state index in [-0.39, 0.29) is 22.6 Å². The van der Waals surface area contributed by atoms with E-state index < -0.39 is 59.5 Å². The van der Waals surface area contributed by atoms with Gasteiger partial charge in [0, 0.05) is 12.3 Å². The molecule has 0 heterocycles. The minimum absolute atomic E-state index is 0.0222. The Morgan fingerprint density at radius 3 is 1.17 bits per heavy atom. The van der Waals surface area contributed by atoms with Crippen LogP contribution in [0.5, 0.6) is 0 Å². The van der Waals surface area contributed by atoms with Crippen LogP contribution in [0.2, 0.25) is 0 Å². The summed E-state index contributed by atoms with van der Waals surface area (Å²) >= 11 is 0.0222. The fourth-order valence-electron chi connectivity index (χ4n) is 1.83. The van der Waals surface area contributed by atoms with E-state index in [2.05, 4.69) is 0 Å². The van der Waals surface area contributed by atoms with E-state index in [0.29, 0.717) is 0 Å². The second-order valence-electron chi connectivity index (χ2n) is 5.12. The van der Waals surface area contributed by atoms with E-state index in [0.717, 1.165) is 0 Å². The summed E-state index contributed by atoms with van der Waals surface area (Å²) in [6.07, 6.45) is -25.2. The standard InChI is InChI=1S/C10H8F13I/c1-5(11,8(15,16)17)2-4(3-6(12,13)24)7(14,9(18,19)20)10(21,22)23/h4H,2-3H2,1H3. The van der Waals surface area contributed by atoms with Crippen molar-refractivity contribution in [3.05, 3.63) is 0 Å². The van der Waals surface area contributed by atoms with Crippen molar-refractivity contribution < 1.29 is 57.1 Å². The topological polar surface area (TPSA) is 0 Å². The molecule has 0 N–H and O–H groups in total. The SMILES string of the molecule is CC(F)(CC(CC(F)(F)I)C(F)(C(F)(F)F)C(F)(F)F)C(F)(F)F. The van der Waals surface area contributed by atoms with E-state index in [4.69, 9.17) is 0 Å². The summed E-state index contributed by atoms with van der Waals surface area (Å²) < 4.78 is 161. The molecule has 14 heteroatoms. The van der Waals surface area contributed by atoms with Crippen molar-refractivity contribution in [2.45, 2.75) is 53.6 Å². The molecule has 0 rings (SSSR count). The maximum atomic E-state index is 13.8. The van der Waals surface area contributed by atoms with E-state index in [1.54, 1.807) is 0 Å². The zero-order valence-corrected chi connectivity index (χ0v) is 13.4. The summed E-state index contributed by atoms with van der Waals surface area (Å²) in [6.45, 7) is -0.460. The van der Waals surface area contributed by atoms with E-state index in [9.17, 15) is 57.1 Å². The molecule has 2 atom stereocenters. The van der Waals surface area contributed by atoms with Crippen LogP contribution in [0.25, 0.3) is 0 Å². The smallest absolute Gasteiger partial charge is 0.234 e. The van der Waals surface area contributed by atoms with Crippen LogP contribution in [0.1, 0.15) is 19.8 Å². The van der Waals surface area contributed by atoms with Gasteiger partial charge in [0.2, 0.25) is 5.67 Å². The molecule has 0 radical (unpaired) electrons. The van der Waals surface area contributed by atoms with Gasteiger partial charge in [-0.2, -0.15) is 48.3 Å². The Bertz CT molecular complexity index is 410. The minimum Gasteiger partial charge on any atom is -0.234 e. The molecule has 0 saturated carbocycles. The molecule has 0 aromatic carbocycles. The lowest BCUT2D eigenvalue weighted by Crippen LogP contribution is -2.60. The molecule has 2 unspecified atom stereocenters. The maximum absolute atomic E-state index is 13.8. The van der Waals surface area contributed by atoms with Crippen molar-refractivity contribution in [2.24, 2.45) is 5.92 Å². The van der Waals surface area contributed by atoms with Gasteiger partial charge in [-0.05, 0) is 35.9 Å². The Morgan fingerprint density at radius 1 is 0.625 bits per heavy atom. The average Bonchev–Trinajstić information content (AvgIpc) is 2.19. The summed E-state index contributed by atoms with van der Waals surface area (Å²) in [7, 11) is 0. The van der Waals surface area contributed by atoms with Gasteiger partial charge in [0.15, 0.2) is 0 Å². The predicted molar refractivity (Wildman–Crippen MR) is 63.2 cm³/mol. The van der Waals surface area contributed by atoms with Gasteiger partial charge in [-0.15, -0.1) is 0 Å². The summed E-state index contributed by atoms with van der Waals surface area (Å²) in [4.78, 5) is 0. The molecule has 0 aliphatic heterocycles. The van der Waals surface area contributed by atoms with E-state index >= 15 is 0 Å². The fraction of sp³-hybridized carbons (Fsp3) is 1.00. The minimum atomic E-state index is -6.89. The van der Waals surface area contributed by atoms with Crippen LogP contribution >= 0.6 is 22.6 Å². The Hall–Kier alpha value is -0.180. The van der Waals surface area contributed by atoms with Crippen molar-refractivity contribution in [1.29, 1.82) is 0 Å². The van der Waals surface area contributed by atoms with Crippen LogP contribution in [0.4, 0.5) is 57.1 Å². The van der Waals surface area contributed by atoms with Crippen LogP contribution in [0.15, 0.2) is 0 Å². The molecule has 0 nitrogen and oxygen atoms in total. The highest BCUT2D eigenvalue weighted by Gasteiger charge is 2.77. The molecule has 146 valence electrons. The summed E-state index contributed by atoms with van der Waals surface area (Å²) in [6, 6.07) is 0. The summed E-state index contributed by atoms with van der Waals surface area (Å²) in [5.74, 6) is -4.07. The first kappa shape index (κ1) is 23.8. The Balaban J connectivity index is 6.22. The number of rotatable bonds is 5. The van der Waals surface area contributed by atoms with Crippen molar-refractivity contribution in [1.82, 2.24) is 0 Å². The second-order valence-corrected chi connectivity index (χ2v) is 6.70. The first-order valence-electron chi connectivity index (χ1n) is 5.71. The van der Waals surface area contributed by atoms with Crippen LogP contribution in [0.3, 0.4) is 0 Å². The third-order valence-electron chi connectivity index (χ3n) is 3.09. The van der Waals surface area contributed by atoms with Gasteiger partial charge in [0.25, 0.3) is 3.93 Å². The molecule has 0 amide bonds. The number of halogens is 14. The van der Waals surface area contributed by atoms with Crippen LogP contribution in [-0.2, 0) is 0 Å². The molecule has 24 heavy (non-hydrogen) atoms. The van der Waals surface area contributed by atoms with Gasteiger partial charge < -0.3 is 0 Å². The Morgan fingerprint density at radius 2 is 0.958 bits per heavy atom. The number of hydrogen-bond acceptors (Lipinski definition) is 0. The zero-order valence-electron chi connectivity index (χ0n) is 11.3. The lowest BCUT2D eigenvalue weighted by atomic mass is 9.78. The zero-order chi connectivity index (χ0) is 20.0. The third-order valence-corrected chi connectivity index (χ3v) is 3.53. The van der Waals surface area contributed by atoms with Gasteiger partial charge in [-0.25, -0.2) is 8.78 Å². The van der Waals surface area contributed by atoms with Crippen LogP contribution in [0, 0.1) is 5.92 Å². The quantitative estimate of drug-likeness (QED) is 0.228. The molecular formula is C10H8F13I. The second kappa shape index (κ2) is 6.52. The van der Waals surface area contributed by atoms with Crippen molar-refractivity contribution >= 4 is 22.6 Å². The van der Waals surface area contributed by atoms with E-state index in [1.165, 1.54) is 0 Å². The van der Waals surface area contributed by atoms with Gasteiger partial charge in [0.05, 0.1) is 0 Å². The molecule has 0 spiro atoms. The van der Waals surface area contributed by atoms with Crippen LogP contribution < -0.4 is 0 Å². The lowest BCUT2D eigenvalue weighted by molar-refractivity contribution is -0.365. The first-order chi connectivity index (χ1) is 10.1. The van der Waals surface area contributed by atoms with Crippen molar-refractivity contribution in [3.8, 4) is 0 Å². The Kier molecular flexibility index (Phi) is 6.47. The fourth-order valence-corrected chi connectivity index (χ4v) is 2.37. The summed E-state index contributed by atoms with van der Waals surface area (Å²) in [5.41, 5.74) is -11.2. The maximum Gasteiger partial charge on any atom is 0.431 e. The predicted octanol–water partition coefficient (Wildman–Crippen LogP) is 6.53. The van der Waals surface area contributed by atoms with Gasteiger partial charge in [-0.1, -0.05) is 0 Å². The van der Waals surface area contributed by atoms with Gasteiger partial charge >= 0.3 is 24.2 Å². The van der Waals surface area contributed by atoms with Crippen molar-refractivity contribution in [3.63, 3.8) is 0 Å². The highest BCUT2D eigenvalue weighted by Crippen LogP contribution is 2.56. The highest BCUT2D eigenvalue weighted by molar-refractivity contribution is 14.1. The third kappa shape index (κ3) is 5.16.